The van der Waals surface area contributed by atoms with Gasteiger partial charge in [0, 0.05) is 6.42 Å². The van der Waals surface area contributed by atoms with Crippen LogP contribution in [0.5, 0.6) is 0 Å². The summed E-state index contributed by atoms with van der Waals surface area (Å²) >= 11 is 0. The highest BCUT2D eigenvalue weighted by atomic mass is 19.4. The Kier molecular flexibility index (Phi) is 3.93. The van der Waals surface area contributed by atoms with Crippen molar-refractivity contribution in [3.05, 3.63) is 0 Å². The molecule has 3 N–H and O–H groups in total. The molecule has 0 heterocycles. The second kappa shape index (κ2) is 4.21. The smallest absolute Gasteiger partial charge is 0.270 e. The fourth-order valence-electron chi connectivity index (χ4n) is 0.523. The standard InChI is InChI=1S/C6H9F3N2/c1-2-5(11-10)3-4-6(7,8)9/h1,5,11H,3-4,10H2. The Balaban J connectivity index is 3.62. The van der Waals surface area contributed by atoms with Crippen molar-refractivity contribution in [3.8, 4) is 12.3 Å². The van der Waals surface area contributed by atoms with E-state index in [2.05, 4.69) is 11.3 Å². The molecular formula is C6H9F3N2. The first-order chi connectivity index (χ1) is 4.99. The topological polar surface area (TPSA) is 38.0 Å². The van der Waals surface area contributed by atoms with E-state index in [9.17, 15) is 13.2 Å². The number of hydrogen-bond acceptors (Lipinski definition) is 2. The first-order valence-corrected chi connectivity index (χ1v) is 2.98. The van der Waals surface area contributed by atoms with Gasteiger partial charge in [0.2, 0.25) is 0 Å². The molecule has 0 aliphatic rings. The van der Waals surface area contributed by atoms with Gasteiger partial charge in [0.1, 0.15) is 0 Å². The Morgan fingerprint density at radius 1 is 1.55 bits per heavy atom. The Bertz CT molecular complexity index is 147. The summed E-state index contributed by atoms with van der Waals surface area (Å²) < 4.78 is 34.7. The third-order valence-electron chi connectivity index (χ3n) is 1.12. The second-order valence-corrected chi connectivity index (χ2v) is 2.04. The highest BCUT2D eigenvalue weighted by Crippen LogP contribution is 2.21. The van der Waals surface area contributed by atoms with E-state index in [4.69, 9.17) is 12.3 Å². The van der Waals surface area contributed by atoms with Crippen molar-refractivity contribution in [3.63, 3.8) is 0 Å². The summed E-state index contributed by atoms with van der Waals surface area (Å²) in [7, 11) is 0. The van der Waals surface area contributed by atoms with E-state index in [1.165, 1.54) is 0 Å². The highest BCUT2D eigenvalue weighted by Gasteiger charge is 2.27. The molecule has 2 nitrogen and oxygen atoms in total. The van der Waals surface area contributed by atoms with Crippen LogP contribution in [0.15, 0.2) is 0 Å². The highest BCUT2D eigenvalue weighted by molar-refractivity contribution is 4.97. The molecule has 64 valence electrons. The zero-order chi connectivity index (χ0) is 8.91. The Morgan fingerprint density at radius 2 is 2.09 bits per heavy atom. The SMILES string of the molecule is C#CC(CCC(F)(F)F)NN. The summed E-state index contributed by atoms with van der Waals surface area (Å²) in [5, 5.41) is 0. The van der Waals surface area contributed by atoms with Crippen LogP contribution in [-0.4, -0.2) is 12.2 Å². The van der Waals surface area contributed by atoms with Crippen molar-refractivity contribution in [1.82, 2.24) is 5.43 Å². The maximum Gasteiger partial charge on any atom is 0.389 e. The van der Waals surface area contributed by atoms with Crippen LogP contribution in [0.4, 0.5) is 13.2 Å². The molecule has 0 saturated heterocycles. The summed E-state index contributed by atoms with van der Waals surface area (Å²) in [5.41, 5.74) is 2.09. The molecule has 0 radical (unpaired) electrons. The van der Waals surface area contributed by atoms with Crippen LogP contribution in [0, 0.1) is 12.3 Å². The average Bonchev–Trinajstić information content (AvgIpc) is 1.88. The summed E-state index contributed by atoms with van der Waals surface area (Å²) in [5.74, 6) is 6.94. The predicted molar refractivity (Wildman–Crippen MR) is 35.2 cm³/mol. The number of halogens is 3. The van der Waals surface area contributed by atoms with Gasteiger partial charge in [-0.05, 0) is 6.42 Å². The van der Waals surface area contributed by atoms with Crippen LogP contribution >= 0.6 is 0 Å². The van der Waals surface area contributed by atoms with Crippen molar-refractivity contribution < 1.29 is 13.2 Å². The number of nitrogens with two attached hydrogens (primary N) is 1. The summed E-state index contributed by atoms with van der Waals surface area (Å²) in [6, 6.07) is -0.698. The molecule has 0 amide bonds. The second-order valence-electron chi connectivity index (χ2n) is 2.04. The molecule has 0 spiro atoms. The summed E-state index contributed by atoms with van der Waals surface area (Å²) in [6.07, 6.45) is -0.403. The van der Waals surface area contributed by atoms with E-state index in [-0.39, 0.29) is 6.42 Å². The molecule has 0 fully saturated rings. The van der Waals surface area contributed by atoms with E-state index in [0.717, 1.165) is 0 Å². The Labute approximate surface area is 62.9 Å². The molecule has 0 aromatic heterocycles. The fourth-order valence-corrected chi connectivity index (χ4v) is 0.523. The van der Waals surface area contributed by atoms with Crippen LogP contribution in [0.25, 0.3) is 0 Å². The minimum atomic E-state index is -4.16. The third-order valence-corrected chi connectivity index (χ3v) is 1.12. The van der Waals surface area contributed by atoms with Crippen LogP contribution < -0.4 is 11.3 Å². The summed E-state index contributed by atoms with van der Waals surface area (Å²) in [6.45, 7) is 0. The maximum absolute atomic E-state index is 11.6. The van der Waals surface area contributed by atoms with Gasteiger partial charge in [-0.15, -0.1) is 6.42 Å². The number of hydrogen-bond donors (Lipinski definition) is 2. The molecule has 11 heavy (non-hydrogen) atoms. The molecule has 0 saturated carbocycles. The molecule has 0 bridgehead atoms. The lowest BCUT2D eigenvalue weighted by Crippen LogP contribution is -2.34. The number of alkyl halides is 3. The number of nitrogens with one attached hydrogen (secondary N) is 1. The van der Waals surface area contributed by atoms with E-state index in [0.29, 0.717) is 0 Å². The molecule has 0 aromatic carbocycles. The number of terminal acetylenes is 1. The maximum atomic E-state index is 11.6. The Hall–Kier alpha value is -0.730. The van der Waals surface area contributed by atoms with E-state index in [1.807, 2.05) is 0 Å². The van der Waals surface area contributed by atoms with Gasteiger partial charge < -0.3 is 0 Å². The van der Waals surface area contributed by atoms with Gasteiger partial charge >= 0.3 is 6.18 Å². The van der Waals surface area contributed by atoms with E-state index >= 15 is 0 Å². The van der Waals surface area contributed by atoms with E-state index in [1.54, 1.807) is 0 Å². The zero-order valence-corrected chi connectivity index (χ0v) is 5.78. The van der Waals surface area contributed by atoms with Gasteiger partial charge in [-0.1, -0.05) is 5.92 Å². The van der Waals surface area contributed by atoms with Crippen LogP contribution in [0.1, 0.15) is 12.8 Å². The van der Waals surface area contributed by atoms with Crippen molar-refractivity contribution >= 4 is 0 Å². The molecule has 1 atom stereocenters. The van der Waals surface area contributed by atoms with Gasteiger partial charge in [-0.2, -0.15) is 13.2 Å². The Morgan fingerprint density at radius 3 is 2.36 bits per heavy atom. The lowest BCUT2D eigenvalue weighted by Gasteiger charge is -2.10. The predicted octanol–water partition coefficient (Wildman–Crippen LogP) is 0.794. The lowest BCUT2D eigenvalue weighted by atomic mass is 10.2. The van der Waals surface area contributed by atoms with Gasteiger partial charge in [0.25, 0.3) is 0 Å². The molecular weight excluding hydrogens is 157 g/mol. The van der Waals surface area contributed by atoms with Gasteiger partial charge in [-0.3, -0.25) is 5.84 Å². The molecule has 0 aliphatic carbocycles. The van der Waals surface area contributed by atoms with Crippen molar-refractivity contribution in [2.24, 2.45) is 5.84 Å². The van der Waals surface area contributed by atoms with Gasteiger partial charge in [0.15, 0.2) is 0 Å². The average molecular weight is 166 g/mol. The monoisotopic (exact) mass is 166 g/mol. The van der Waals surface area contributed by atoms with Crippen LogP contribution in [0.2, 0.25) is 0 Å². The quantitative estimate of drug-likeness (QED) is 0.369. The molecule has 1 unspecified atom stereocenters. The van der Waals surface area contributed by atoms with Crippen molar-refractivity contribution in [1.29, 1.82) is 0 Å². The molecule has 0 rings (SSSR count). The van der Waals surface area contributed by atoms with Gasteiger partial charge in [0.05, 0.1) is 6.04 Å². The summed E-state index contributed by atoms with van der Waals surface area (Å²) in [4.78, 5) is 0. The fraction of sp³-hybridized carbons (Fsp3) is 0.667. The first kappa shape index (κ1) is 10.3. The molecule has 0 aromatic rings. The minimum absolute atomic E-state index is 0.184. The largest absolute Gasteiger partial charge is 0.389 e. The van der Waals surface area contributed by atoms with Crippen molar-refractivity contribution in [2.75, 3.05) is 0 Å². The number of rotatable bonds is 3. The van der Waals surface area contributed by atoms with Crippen LogP contribution in [0.3, 0.4) is 0 Å². The first-order valence-electron chi connectivity index (χ1n) is 2.98. The lowest BCUT2D eigenvalue weighted by molar-refractivity contribution is -0.136. The van der Waals surface area contributed by atoms with Crippen molar-refractivity contribution in [2.45, 2.75) is 25.1 Å². The number of hydrazine groups is 1. The molecule has 5 heteroatoms. The minimum Gasteiger partial charge on any atom is -0.270 e. The van der Waals surface area contributed by atoms with Gasteiger partial charge in [-0.25, -0.2) is 5.43 Å². The third kappa shape index (κ3) is 5.70. The molecule has 0 aliphatic heterocycles. The normalized spacial score (nSPS) is 14.1. The zero-order valence-electron chi connectivity index (χ0n) is 5.78. The van der Waals surface area contributed by atoms with E-state index < -0.39 is 18.6 Å². The van der Waals surface area contributed by atoms with Crippen LogP contribution in [-0.2, 0) is 0 Å².